The molecule has 0 rings (SSSR count). The molecular formula is C18H40N2O. The van der Waals surface area contributed by atoms with Crippen LogP contribution in [0, 0.1) is 0 Å². The number of nitrogens with two attached hydrogens (primary N) is 1. The molecule has 0 aromatic carbocycles. The van der Waals surface area contributed by atoms with E-state index in [9.17, 15) is 4.79 Å². The molecule has 0 bridgehead atoms. The Morgan fingerprint density at radius 2 is 0.905 bits per heavy atom. The van der Waals surface area contributed by atoms with Gasteiger partial charge >= 0.3 is 0 Å². The van der Waals surface area contributed by atoms with Gasteiger partial charge in [-0.3, -0.25) is 4.79 Å². The zero-order chi connectivity index (χ0) is 14.9. The van der Waals surface area contributed by atoms with Crippen LogP contribution in [0.5, 0.6) is 0 Å². The maximum Gasteiger partial charge on any atom is 0.217 e. The van der Waals surface area contributed by atoms with Crippen LogP contribution in [0.3, 0.4) is 0 Å². The summed E-state index contributed by atoms with van der Waals surface area (Å²) < 4.78 is 0. The largest absolute Gasteiger partial charge is 0.370 e. The minimum Gasteiger partial charge on any atom is -0.370 e. The third-order valence-corrected chi connectivity index (χ3v) is 4.03. The molecule has 0 fully saturated rings. The van der Waals surface area contributed by atoms with Gasteiger partial charge in [0.05, 0.1) is 0 Å². The molecule has 0 aliphatic heterocycles. The lowest BCUT2D eigenvalue weighted by molar-refractivity contribution is -0.118. The Bertz CT molecular complexity index is 207. The Hall–Kier alpha value is -0.570. The van der Waals surface area contributed by atoms with E-state index in [4.69, 9.17) is 5.73 Å². The molecule has 5 N–H and O–H groups in total. The average Bonchev–Trinajstić information content (AvgIpc) is 2.43. The van der Waals surface area contributed by atoms with Crippen LogP contribution in [0.15, 0.2) is 0 Å². The van der Waals surface area contributed by atoms with Crippen LogP contribution >= 0.6 is 0 Å². The molecule has 0 unspecified atom stereocenters. The number of primary amides is 1. The molecule has 0 saturated carbocycles. The minimum absolute atomic E-state index is 0. The molecule has 0 spiro atoms. The quantitative estimate of drug-likeness (QED) is 0.348. The van der Waals surface area contributed by atoms with Gasteiger partial charge in [0, 0.05) is 6.42 Å². The molecule has 0 atom stereocenters. The van der Waals surface area contributed by atoms with Gasteiger partial charge in [0.1, 0.15) is 0 Å². The highest BCUT2D eigenvalue weighted by molar-refractivity contribution is 5.73. The molecular weight excluding hydrogens is 260 g/mol. The monoisotopic (exact) mass is 300 g/mol. The Morgan fingerprint density at radius 1 is 0.619 bits per heavy atom. The van der Waals surface area contributed by atoms with E-state index in [0.29, 0.717) is 6.42 Å². The standard InChI is InChI=1S/C18H37NO.H3N/c1-2-3-4-5-6-7-8-9-10-11-12-13-14-15-16-17-18(19)20;/h2-17H2,1H3,(H2,19,20);1H3. The van der Waals surface area contributed by atoms with Gasteiger partial charge in [-0.15, -0.1) is 0 Å². The molecule has 1 amide bonds. The lowest BCUT2D eigenvalue weighted by Gasteiger charge is -2.03. The zero-order valence-corrected chi connectivity index (χ0v) is 14.5. The first-order chi connectivity index (χ1) is 9.77. The van der Waals surface area contributed by atoms with Crippen LogP contribution in [-0.4, -0.2) is 5.91 Å². The van der Waals surface area contributed by atoms with Gasteiger partial charge in [-0.2, -0.15) is 0 Å². The van der Waals surface area contributed by atoms with Crippen molar-refractivity contribution in [1.29, 1.82) is 0 Å². The molecule has 0 saturated heterocycles. The van der Waals surface area contributed by atoms with Crippen molar-refractivity contribution in [2.75, 3.05) is 0 Å². The van der Waals surface area contributed by atoms with E-state index in [1.54, 1.807) is 0 Å². The van der Waals surface area contributed by atoms with E-state index < -0.39 is 0 Å². The number of amides is 1. The van der Waals surface area contributed by atoms with Crippen molar-refractivity contribution in [3.8, 4) is 0 Å². The lowest BCUT2D eigenvalue weighted by atomic mass is 10.0. The summed E-state index contributed by atoms with van der Waals surface area (Å²) in [5.41, 5.74) is 5.11. The summed E-state index contributed by atoms with van der Waals surface area (Å²) >= 11 is 0. The number of carbonyl (C=O) groups excluding carboxylic acids is 1. The highest BCUT2D eigenvalue weighted by Gasteiger charge is 1.96. The van der Waals surface area contributed by atoms with Gasteiger partial charge < -0.3 is 11.9 Å². The van der Waals surface area contributed by atoms with E-state index in [2.05, 4.69) is 6.92 Å². The second kappa shape index (κ2) is 19.4. The fraction of sp³-hybridized carbons (Fsp3) is 0.944. The normalized spacial score (nSPS) is 10.3. The smallest absolute Gasteiger partial charge is 0.217 e. The molecule has 21 heavy (non-hydrogen) atoms. The van der Waals surface area contributed by atoms with Gasteiger partial charge in [0.15, 0.2) is 0 Å². The summed E-state index contributed by atoms with van der Waals surface area (Å²) in [7, 11) is 0. The number of unbranched alkanes of at least 4 members (excludes halogenated alkanes) is 14. The highest BCUT2D eigenvalue weighted by atomic mass is 16.1. The van der Waals surface area contributed by atoms with Crippen molar-refractivity contribution in [1.82, 2.24) is 6.15 Å². The first kappa shape index (κ1) is 22.7. The number of rotatable bonds is 16. The fourth-order valence-corrected chi connectivity index (χ4v) is 2.67. The van der Waals surface area contributed by atoms with Crippen molar-refractivity contribution in [2.24, 2.45) is 5.73 Å². The van der Waals surface area contributed by atoms with Crippen LogP contribution in [0.1, 0.15) is 110 Å². The molecule has 0 heterocycles. The predicted octanol–water partition coefficient (Wildman–Crippen LogP) is 5.90. The molecule has 0 aromatic heterocycles. The molecule has 0 aliphatic carbocycles. The van der Waals surface area contributed by atoms with Gasteiger partial charge in [-0.25, -0.2) is 0 Å². The summed E-state index contributed by atoms with van der Waals surface area (Å²) in [5.74, 6) is -0.153. The molecule has 3 nitrogen and oxygen atoms in total. The van der Waals surface area contributed by atoms with E-state index in [1.807, 2.05) is 0 Å². The van der Waals surface area contributed by atoms with E-state index in [1.165, 1.54) is 89.9 Å². The minimum atomic E-state index is -0.153. The molecule has 0 aromatic rings. The SMILES string of the molecule is CCCCCCCCCCCCCCCCCC(N)=O.N. The number of carbonyl (C=O) groups is 1. The Morgan fingerprint density at radius 3 is 1.19 bits per heavy atom. The molecule has 3 heteroatoms. The summed E-state index contributed by atoms with van der Waals surface area (Å²) in [6.45, 7) is 2.28. The highest BCUT2D eigenvalue weighted by Crippen LogP contribution is 2.13. The Balaban J connectivity index is 0. The average molecular weight is 301 g/mol. The number of hydrogen-bond acceptors (Lipinski definition) is 2. The van der Waals surface area contributed by atoms with Gasteiger partial charge in [0.25, 0.3) is 0 Å². The van der Waals surface area contributed by atoms with Gasteiger partial charge in [0.2, 0.25) is 5.91 Å². The summed E-state index contributed by atoms with van der Waals surface area (Å²) in [6, 6.07) is 0. The van der Waals surface area contributed by atoms with Gasteiger partial charge in [-0.1, -0.05) is 96.8 Å². The van der Waals surface area contributed by atoms with Crippen molar-refractivity contribution < 1.29 is 4.79 Å². The maximum absolute atomic E-state index is 10.6. The fourth-order valence-electron chi connectivity index (χ4n) is 2.67. The third-order valence-electron chi connectivity index (χ3n) is 4.03. The zero-order valence-electron chi connectivity index (χ0n) is 14.5. The summed E-state index contributed by atoms with van der Waals surface area (Å²) in [6.07, 6.45) is 20.9. The summed E-state index contributed by atoms with van der Waals surface area (Å²) in [4.78, 5) is 10.6. The van der Waals surface area contributed by atoms with Crippen LogP contribution in [0.4, 0.5) is 0 Å². The first-order valence-corrected chi connectivity index (χ1v) is 9.05. The van der Waals surface area contributed by atoms with Crippen molar-refractivity contribution in [3.05, 3.63) is 0 Å². The third kappa shape index (κ3) is 21.9. The number of hydrogen-bond donors (Lipinski definition) is 2. The molecule has 0 aliphatic rings. The van der Waals surface area contributed by atoms with Crippen LogP contribution < -0.4 is 11.9 Å². The maximum atomic E-state index is 10.6. The summed E-state index contributed by atoms with van der Waals surface area (Å²) in [5, 5.41) is 0. The lowest BCUT2D eigenvalue weighted by Crippen LogP contribution is -2.09. The Kier molecular flexibility index (Phi) is 21.0. The van der Waals surface area contributed by atoms with Crippen molar-refractivity contribution in [2.45, 2.75) is 110 Å². The van der Waals surface area contributed by atoms with E-state index in [0.717, 1.165) is 6.42 Å². The van der Waals surface area contributed by atoms with E-state index in [-0.39, 0.29) is 12.1 Å². The molecule has 128 valence electrons. The van der Waals surface area contributed by atoms with Crippen LogP contribution in [-0.2, 0) is 4.79 Å². The Labute approximate surface area is 133 Å². The van der Waals surface area contributed by atoms with Gasteiger partial charge in [-0.05, 0) is 6.42 Å². The van der Waals surface area contributed by atoms with Crippen molar-refractivity contribution >= 4 is 5.91 Å². The topological polar surface area (TPSA) is 78.1 Å². The van der Waals surface area contributed by atoms with Crippen LogP contribution in [0.25, 0.3) is 0 Å². The van der Waals surface area contributed by atoms with Crippen LogP contribution in [0.2, 0.25) is 0 Å². The second-order valence-electron chi connectivity index (χ2n) is 6.17. The second-order valence-corrected chi connectivity index (χ2v) is 6.17. The van der Waals surface area contributed by atoms with E-state index >= 15 is 0 Å². The predicted molar refractivity (Wildman–Crippen MR) is 93.8 cm³/mol. The van der Waals surface area contributed by atoms with Crippen molar-refractivity contribution in [3.63, 3.8) is 0 Å². The first-order valence-electron chi connectivity index (χ1n) is 9.05. The molecule has 0 radical (unpaired) electrons.